The molecular weight excluding hydrogens is 408 g/mol. The maximum atomic E-state index is 12.3. The largest absolute Gasteiger partial charge is 0.443 e. The Kier molecular flexibility index (Phi) is 7.77. The van der Waals surface area contributed by atoms with Gasteiger partial charge in [0.1, 0.15) is 6.61 Å². The van der Waals surface area contributed by atoms with Crippen molar-refractivity contribution in [1.29, 1.82) is 0 Å². The van der Waals surface area contributed by atoms with Crippen LogP contribution >= 0.6 is 0 Å². The summed E-state index contributed by atoms with van der Waals surface area (Å²) in [6.07, 6.45) is -0.723. The second-order valence-corrected chi connectivity index (χ2v) is 7.39. The van der Waals surface area contributed by atoms with Crippen LogP contribution in [0.5, 0.6) is 0 Å². The van der Waals surface area contributed by atoms with Crippen molar-refractivity contribution in [1.82, 2.24) is 10.4 Å². The first-order chi connectivity index (χ1) is 15.4. The third kappa shape index (κ3) is 5.61. The molecule has 3 aromatic rings. The van der Waals surface area contributed by atoms with Gasteiger partial charge in [-0.15, -0.1) is 0 Å². The summed E-state index contributed by atoms with van der Waals surface area (Å²) in [5, 5.41) is 11.7. The van der Waals surface area contributed by atoms with Crippen LogP contribution in [-0.4, -0.2) is 35.2 Å². The Balaban J connectivity index is 1.62. The summed E-state index contributed by atoms with van der Waals surface area (Å²) in [4.78, 5) is 26.1. The van der Waals surface area contributed by atoms with Crippen molar-refractivity contribution in [2.45, 2.75) is 27.0 Å². The number of hydroxylamine groups is 1. The van der Waals surface area contributed by atoms with Crippen molar-refractivity contribution in [3.05, 3.63) is 77.4 Å². The number of amides is 2. The molecule has 0 bridgehead atoms. The maximum absolute atomic E-state index is 12.3. The number of anilines is 1. The second kappa shape index (κ2) is 10.7. The average Bonchev–Trinajstić information content (AvgIpc) is 2.84. The lowest BCUT2D eigenvalue weighted by Crippen LogP contribution is -2.37. The highest BCUT2D eigenvalue weighted by molar-refractivity contribution is 5.94. The van der Waals surface area contributed by atoms with Crippen LogP contribution in [0.2, 0.25) is 0 Å². The van der Waals surface area contributed by atoms with E-state index in [0.29, 0.717) is 5.69 Å². The van der Waals surface area contributed by atoms with Crippen molar-refractivity contribution in [3.63, 3.8) is 0 Å². The van der Waals surface area contributed by atoms with Gasteiger partial charge in [-0.2, -0.15) is 0 Å². The topological polar surface area (TPSA) is 108 Å². The Morgan fingerprint density at radius 1 is 0.938 bits per heavy atom. The molecule has 2 amide bonds. The minimum absolute atomic E-state index is 0.0780. The molecule has 0 radical (unpaired) electrons. The third-order valence-electron chi connectivity index (χ3n) is 5.34. The molecule has 0 aliphatic rings. The van der Waals surface area contributed by atoms with Crippen LogP contribution in [0.1, 0.15) is 35.3 Å². The summed E-state index contributed by atoms with van der Waals surface area (Å²) >= 11 is 0. The normalized spacial score (nSPS) is 10.9. The lowest BCUT2D eigenvalue weighted by molar-refractivity contribution is 0.0706. The number of rotatable bonds is 8. The van der Waals surface area contributed by atoms with Crippen molar-refractivity contribution in [2.24, 2.45) is 5.84 Å². The minimum atomic E-state index is -0.723. The van der Waals surface area contributed by atoms with Crippen molar-refractivity contribution in [2.75, 3.05) is 18.1 Å². The quantitative estimate of drug-likeness (QED) is 0.214. The molecule has 0 aliphatic heterocycles. The second-order valence-electron chi connectivity index (χ2n) is 7.39. The van der Waals surface area contributed by atoms with E-state index in [4.69, 9.17) is 15.8 Å². The Morgan fingerprint density at radius 2 is 1.53 bits per heavy atom. The molecule has 0 fully saturated rings. The van der Waals surface area contributed by atoms with Crippen LogP contribution in [-0.2, 0) is 17.9 Å². The molecule has 4 N–H and O–H groups in total. The zero-order valence-electron chi connectivity index (χ0n) is 18.2. The monoisotopic (exact) mass is 436 g/mol. The lowest BCUT2D eigenvalue weighted by atomic mass is 10.0. The molecule has 8 nitrogen and oxygen atoms in total. The number of hydrogen-bond donors (Lipinski definition) is 3. The first kappa shape index (κ1) is 23.2. The molecule has 168 valence electrons. The van der Waals surface area contributed by atoms with Crippen LogP contribution in [0.25, 0.3) is 10.8 Å². The highest BCUT2D eigenvalue weighted by Gasteiger charge is 2.14. The summed E-state index contributed by atoms with van der Waals surface area (Å²) in [6, 6.07) is 18.2. The minimum Gasteiger partial charge on any atom is -0.443 e. The number of ether oxygens (including phenoxy) is 1. The maximum Gasteiger partial charge on any atom is 0.429 e. The Hall–Kier alpha value is -3.46. The van der Waals surface area contributed by atoms with E-state index in [1.54, 1.807) is 5.48 Å². The van der Waals surface area contributed by atoms with E-state index < -0.39 is 12.0 Å². The van der Waals surface area contributed by atoms with Gasteiger partial charge in [-0.05, 0) is 71.4 Å². The van der Waals surface area contributed by atoms with Crippen LogP contribution in [0.4, 0.5) is 10.5 Å². The number of nitrogens with two attached hydrogens (primary N) is 1. The molecule has 0 heterocycles. The van der Waals surface area contributed by atoms with E-state index in [0.717, 1.165) is 41.0 Å². The smallest absolute Gasteiger partial charge is 0.429 e. The van der Waals surface area contributed by atoms with E-state index in [2.05, 4.69) is 36.9 Å². The summed E-state index contributed by atoms with van der Waals surface area (Å²) in [5.74, 6) is 5.18. The molecule has 3 rings (SSSR count). The highest BCUT2D eigenvalue weighted by Crippen LogP contribution is 2.20. The molecular formula is C24H28N4O4. The van der Waals surface area contributed by atoms with Gasteiger partial charge in [0.05, 0.1) is 5.69 Å². The molecule has 0 unspecified atom stereocenters. The van der Waals surface area contributed by atoms with Gasteiger partial charge in [-0.3, -0.25) is 14.9 Å². The SMILES string of the molecule is CCN(CC)Cc1ccc2cc(COC(=O)N(N)c3ccc(C(=O)NO)cc3)ccc2c1. The molecule has 8 heteroatoms. The molecule has 0 saturated carbocycles. The van der Waals surface area contributed by atoms with E-state index >= 15 is 0 Å². The number of carbonyl (C=O) groups is 2. The lowest BCUT2D eigenvalue weighted by Gasteiger charge is -2.18. The van der Waals surface area contributed by atoms with E-state index in [1.165, 1.54) is 29.8 Å². The fraction of sp³-hybridized carbons (Fsp3) is 0.250. The zero-order valence-corrected chi connectivity index (χ0v) is 18.2. The Labute approximate surface area is 187 Å². The van der Waals surface area contributed by atoms with Gasteiger partial charge in [-0.1, -0.05) is 38.1 Å². The van der Waals surface area contributed by atoms with E-state index in [-0.39, 0.29) is 12.2 Å². The van der Waals surface area contributed by atoms with Crippen molar-refractivity contribution < 1.29 is 19.5 Å². The zero-order chi connectivity index (χ0) is 23.1. The first-order valence-corrected chi connectivity index (χ1v) is 10.4. The van der Waals surface area contributed by atoms with Crippen molar-refractivity contribution in [3.8, 4) is 0 Å². The molecule has 0 aliphatic carbocycles. The number of hydrogen-bond acceptors (Lipinski definition) is 6. The van der Waals surface area contributed by atoms with Gasteiger partial charge < -0.3 is 4.74 Å². The van der Waals surface area contributed by atoms with Crippen LogP contribution < -0.4 is 16.3 Å². The standard InChI is InChI=1S/C24H28N4O4/c1-3-27(4-2)15-17-5-7-21-14-18(6-8-20(21)13-17)16-32-24(30)28(25)22-11-9-19(10-12-22)23(29)26-31/h5-14,31H,3-4,15-16,25H2,1-2H3,(H,26,29). The van der Waals surface area contributed by atoms with Crippen molar-refractivity contribution >= 4 is 28.5 Å². The van der Waals surface area contributed by atoms with Crippen LogP contribution in [0.15, 0.2) is 60.7 Å². The van der Waals surface area contributed by atoms with E-state index in [9.17, 15) is 9.59 Å². The number of hydrazine groups is 1. The van der Waals surface area contributed by atoms with Gasteiger partial charge >= 0.3 is 6.09 Å². The fourth-order valence-corrected chi connectivity index (χ4v) is 3.40. The highest BCUT2D eigenvalue weighted by atomic mass is 16.6. The predicted octanol–water partition coefficient (Wildman–Crippen LogP) is 3.82. The molecule has 0 spiro atoms. The average molecular weight is 437 g/mol. The summed E-state index contributed by atoms with van der Waals surface area (Å²) in [7, 11) is 0. The molecule has 3 aromatic carbocycles. The van der Waals surface area contributed by atoms with Crippen LogP contribution in [0.3, 0.4) is 0 Å². The number of carbonyl (C=O) groups excluding carboxylic acids is 2. The van der Waals surface area contributed by atoms with E-state index in [1.807, 2.05) is 18.2 Å². The summed E-state index contributed by atoms with van der Waals surface area (Å²) in [6.45, 7) is 7.34. The fourth-order valence-electron chi connectivity index (χ4n) is 3.40. The number of nitrogens with one attached hydrogen (secondary N) is 1. The molecule has 32 heavy (non-hydrogen) atoms. The van der Waals surface area contributed by atoms with Gasteiger partial charge in [-0.25, -0.2) is 21.1 Å². The molecule has 0 aromatic heterocycles. The number of benzene rings is 3. The van der Waals surface area contributed by atoms with Gasteiger partial charge in [0.15, 0.2) is 0 Å². The van der Waals surface area contributed by atoms with Crippen LogP contribution in [0, 0.1) is 0 Å². The Morgan fingerprint density at radius 3 is 2.12 bits per heavy atom. The molecule has 0 atom stereocenters. The number of nitrogens with zero attached hydrogens (tertiary/aromatic N) is 2. The summed E-state index contributed by atoms with van der Waals surface area (Å²) in [5.41, 5.74) is 4.24. The molecule has 0 saturated heterocycles. The predicted molar refractivity (Wildman–Crippen MR) is 123 cm³/mol. The third-order valence-corrected chi connectivity index (χ3v) is 5.34. The number of fused-ring (bicyclic) bond motifs is 1. The van der Waals surface area contributed by atoms with Gasteiger partial charge in [0.25, 0.3) is 5.91 Å². The Bertz CT molecular complexity index is 1080. The van der Waals surface area contributed by atoms with Gasteiger partial charge in [0, 0.05) is 12.1 Å². The summed E-state index contributed by atoms with van der Waals surface area (Å²) < 4.78 is 5.33. The van der Waals surface area contributed by atoms with Gasteiger partial charge in [0.2, 0.25) is 0 Å². The first-order valence-electron chi connectivity index (χ1n) is 10.4.